The number of anilines is 1. The summed E-state index contributed by atoms with van der Waals surface area (Å²) in [6, 6.07) is 12.1. The van der Waals surface area contributed by atoms with Crippen molar-refractivity contribution in [2.45, 2.75) is 18.9 Å². The summed E-state index contributed by atoms with van der Waals surface area (Å²) in [6.45, 7) is 0.525. The van der Waals surface area contributed by atoms with Crippen molar-refractivity contribution in [1.29, 1.82) is 0 Å². The van der Waals surface area contributed by atoms with Crippen LogP contribution in [0.5, 0.6) is 0 Å². The quantitative estimate of drug-likeness (QED) is 0.502. The van der Waals surface area contributed by atoms with Crippen molar-refractivity contribution in [3.8, 4) is 11.4 Å². The number of hydrazine groups is 1. The molecule has 0 spiro atoms. The van der Waals surface area contributed by atoms with Crippen molar-refractivity contribution in [1.82, 2.24) is 10.1 Å². The van der Waals surface area contributed by atoms with E-state index < -0.39 is 17.7 Å². The number of benzene rings is 2. The van der Waals surface area contributed by atoms with Crippen LogP contribution >= 0.6 is 0 Å². The molecule has 1 aliphatic heterocycles. The van der Waals surface area contributed by atoms with Gasteiger partial charge in [-0.15, -0.1) is 0 Å². The zero-order chi connectivity index (χ0) is 20.4. The van der Waals surface area contributed by atoms with Gasteiger partial charge in [-0.25, -0.2) is 14.6 Å². The average molecular weight is 399 g/mol. The molecule has 4 rings (SSSR count). The molecule has 1 saturated heterocycles. The van der Waals surface area contributed by atoms with Crippen molar-refractivity contribution in [2.24, 2.45) is 11.6 Å². The third kappa shape index (κ3) is 3.69. The van der Waals surface area contributed by atoms with E-state index in [0.29, 0.717) is 18.7 Å². The van der Waals surface area contributed by atoms with Gasteiger partial charge in [0.25, 0.3) is 5.89 Å². The lowest BCUT2D eigenvalue weighted by Crippen LogP contribution is -2.38. The molecule has 4 N–H and O–H groups in total. The van der Waals surface area contributed by atoms with Crippen LogP contribution in [0.4, 0.5) is 14.5 Å². The molecule has 0 amide bonds. The lowest BCUT2D eigenvalue weighted by Gasteiger charge is -2.27. The highest BCUT2D eigenvalue weighted by molar-refractivity contribution is 5.68. The minimum Gasteiger partial charge on any atom is -0.393 e. The van der Waals surface area contributed by atoms with Crippen LogP contribution in [0.2, 0.25) is 0 Å². The van der Waals surface area contributed by atoms with Gasteiger partial charge in [0, 0.05) is 6.61 Å². The summed E-state index contributed by atoms with van der Waals surface area (Å²) in [5.41, 5.74) is 6.94. The Balaban J connectivity index is 1.77. The number of ether oxygens (including phenoxy) is 1. The van der Waals surface area contributed by atoms with Gasteiger partial charge in [0.2, 0.25) is 5.82 Å². The van der Waals surface area contributed by atoms with Crippen LogP contribution in [0, 0.1) is 11.6 Å². The first-order valence-corrected chi connectivity index (χ1v) is 9.06. The summed E-state index contributed by atoms with van der Waals surface area (Å²) in [5.74, 6) is 5.20. The molecule has 1 fully saturated rings. The van der Waals surface area contributed by atoms with Gasteiger partial charge in [0.1, 0.15) is 23.4 Å². The Morgan fingerprint density at radius 1 is 1.07 bits per heavy atom. The van der Waals surface area contributed by atoms with E-state index >= 15 is 0 Å². The van der Waals surface area contributed by atoms with E-state index in [2.05, 4.69) is 10.1 Å². The second kappa shape index (κ2) is 7.98. The maximum absolute atomic E-state index is 14.3. The first-order chi connectivity index (χ1) is 14.1. The molecule has 1 aliphatic rings. The molecule has 29 heavy (non-hydrogen) atoms. The summed E-state index contributed by atoms with van der Waals surface area (Å²) in [5, 5.41) is 4.95. The Hall–Kier alpha value is -3.30. The van der Waals surface area contributed by atoms with Gasteiger partial charge in [-0.05, 0) is 37.1 Å². The summed E-state index contributed by atoms with van der Waals surface area (Å²) in [7, 11) is 0. The van der Waals surface area contributed by atoms with Crippen molar-refractivity contribution in [3.05, 3.63) is 71.8 Å². The molecule has 0 aliphatic carbocycles. The van der Waals surface area contributed by atoms with E-state index in [4.69, 9.17) is 20.8 Å². The molecule has 1 aromatic heterocycles. The molecule has 1 unspecified atom stereocenters. The molecular formula is C20H19F2N5O2. The molecule has 3 aromatic rings. The van der Waals surface area contributed by atoms with Crippen LogP contribution in [0.1, 0.15) is 18.7 Å². The van der Waals surface area contributed by atoms with Crippen molar-refractivity contribution in [2.75, 3.05) is 11.6 Å². The Morgan fingerprint density at radius 3 is 2.48 bits per heavy atom. The third-order valence-corrected chi connectivity index (χ3v) is 4.65. The second-order valence-corrected chi connectivity index (χ2v) is 6.52. The van der Waals surface area contributed by atoms with Gasteiger partial charge in [-0.1, -0.05) is 29.4 Å². The van der Waals surface area contributed by atoms with Crippen LogP contribution in [0.15, 0.2) is 58.8 Å². The molecule has 1 atom stereocenters. The SMILES string of the molecule is N/C(=C(/C1CCCO1)N(N)c1ccccc1F)c1nc(-c2ccccc2F)no1. The van der Waals surface area contributed by atoms with Crippen LogP contribution < -0.4 is 16.6 Å². The van der Waals surface area contributed by atoms with Crippen LogP contribution in [-0.2, 0) is 4.74 Å². The van der Waals surface area contributed by atoms with Gasteiger partial charge in [0.15, 0.2) is 0 Å². The number of nitrogens with zero attached hydrogens (tertiary/aromatic N) is 3. The zero-order valence-corrected chi connectivity index (χ0v) is 15.4. The summed E-state index contributed by atoms with van der Waals surface area (Å²) in [4.78, 5) is 4.20. The number of rotatable bonds is 5. The third-order valence-electron chi connectivity index (χ3n) is 4.65. The Morgan fingerprint density at radius 2 is 1.79 bits per heavy atom. The molecule has 150 valence electrons. The lowest BCUT2D eigenvalue weighted by atomic mass is 10.1. The normalized spacial score (nSPS) is 17.3. The van der Waals surface area contributed by atoms with Crippen LogP contribution in [-0.4, -0.2) is 22.9 Å². The Kier molecular flexibility index (Phi) is 5.24. The Labute approximate surface area is 165 Å². The largest absolute Gasteiger partial charge is 0.393 e. The van der Waals surface area contributed by atoms with Crippen molar-refractivity contribution < 1.29 is 18.0 Å². The lowest BCUT2D eigenvalue weighted by molar-refractivity contribution is 0.135. The minimum absolute atomic E-state index is 0.0396. The fourth-order valence-electron chi connectivity index (χ4n) is 3.22. The van der Waals surface area contributed by atoms with Crippen molar-refractivity contribution in [3.63, 3.8) is 0 Å². The van der Waals surface area contributed by atoms with E-state index in [0.717, 1.165) is 11.4 Å². The van der Waals surface area contributed by atoms with Crippen LogP contribution in [0.3, 0.4) is 0 Å². The number of para-hydroxylation sites is 1. The number of hydrogen-bond acceptors (Lipinski definition) is 7. The van der Waals surface area contributed by atoms with E-state index in [1.807, 2.05) is 0 Å². The summed E-state index contributed by atoms with van der Waals surface area (Å²) < 4.78 is 39.3. The van der Waals surface area contributed by atoms with E-state index in [9.17, 15) is 8.78 Å². The molecule has 0 bridgehead atoms. The highest BCUT2D eigenvalue weighted by atomic mass is 19.1. The van der Waals surface area contributed by atoms with Crippen molar-refractivity contribution >= 4 is 11.4 Å². The maximum Gasteiger partial charge on any atom is 0.276 e. The number of hydrogen-bond donors (Lipinski definition) is 2. The zero-order valence-electron chi connectivity index (χ0n) is 15.4. The van der Waals surface area contributed by atoms with Crippen LogP contribution in [0.25, 0.3) is 17.1 Å². The molecule has 0 radical (unpaired) electrons. The fraction of sp³-hybridized carbons (Fsp3) is 0.200. The van der Waals surface area contributed by atoms with Gasteiger partial charge in [-0.2, -0.15) is 4.98 Å². The van der Waals surface area contributed by atoms with E-state index in [1.165, 1.54) is 24.3 Å². The minimum atomic E-state index is -0.518. The highest BCUT2D eigenvalue weighted by Crippen LogP contribution is 2.31. The monoisotopic (exact) mass is 399 g/mol. The highest BCUT2D eigenvalue weighted by Gasteiger charge is 2.30. The maximum atomic E-state index is 14.3. The summed E-state index contributed by atoms with van der Waals surface area (Å²) >= 11 is 0. The number of aromatic nitrogens is 2. The van der Waals surface area contributed by atoms with E-state index in [-0.39, 0.29) is 28.7 Å². The predicted octanol–water partition coefficient (Wildman–Crippen LogP) is 3.20. The fourth-order valence-corrected chi connectivity index (χ4v) is 3.22. The van der Waals surface area contributed by atoms with Gasteiger partial charge in [-0.3, -0.25) is 5.01 Å². The standard InChI is InChI=1S/C20H19F2N5O2/c21-13-7-2-1-6-12(13)19-25-20(29-26-19)17(23)18(16-10-5-11-28-16)27(24)15-9-4-3-8-14(15)22/h1-4,6-9,16H,5,10-11,23-24H2/b18-17-. The second-order valence-electron chi connectivity index (χ2n) is 6.52. The van der Waals surface area contributed by atoms with Gasteiger partial charge >= 0.3 is 0 Å². The first kappa shape index (κ1) is 19.0. The number of halogens is 2. The first-order valence-electron chi connectivity index (χ1n) is 9.06. The van der Waals surface area contributed by atoms with Gasteiger partial charge < -0.3 is 15.0 Å². The smallest absolute Gasteiger partial charge is 0.276 e. The van der Waals surface area contributed by atoms with Gasteiger partial charge in [0.05, 0.1) is 16.9 Å². The summed E-state index contributed by atoms with van der Waals surface area (Å²) in [6.07, 6.45) is 0.979. The predicted molar refractivity (Wildman–Crippen MR) is 103 cm³/mol. The van der Waals surface area contributed by atoms with E-state index in [1.54, 1.807) is 24.3 Å². The molecule has 2 aromatic carbocycles. The molecule has 7 nitrogen and oxygen atoms in total. The molecule has 9 heteroatoms. The molecule has 0 saturated carbocycles. The average Bonchev–Trinajstić information content (AvgIpc) is 3.41. The number of nitrogens with two attached hydrogens (primary N) is 2. The topological polar surface area (TPSA) is 103 Å². The Bertz CT molecular complexity index is 1050. The molecular weight excluding hydrogens is 380 g/mol. The molecule has 2 heterocycles.